The summed E-state index contributed by atoms with van der Waals surface area (Å²) in [5.74, 6) is 1.16. The molecule has 1 amide bonds. The molecular formula is C19H22N2O2. The molecule has 1 aliphatic rings. The van der Waals surface area contributed by atoms with E-state index in [2.05, 4.69) is 6.92 Å². The van der Waals surface area contributed by atoms with Crippen LogP contribution in [0.1, 0.15) is 22.8 Å². The van der Waals surface area contributed by atoms with Crippen LogP contribution in [0.15, 0.2) is 54.6 Å². The van der Waals surface area contributed by atoms with E-state index in [0.717, 1.165) is 17.9 Å². The van der Waals surface area contributed by atoms with Crippen molar-refractivity contribution in [2.75, 3.05) is 13.1 Å². The van der Waals surface area contributed by atoms with E-state index in [-0.39, 0.29) is 11.9 Å². The van der Waals surface area contributed by atoms with Crippen molar-refractivity contribution in [3.63, 3.8) is 0 Å². The largest absolute Gasteiger partial charge is 0.489 e. The number of nitrogens with zero attached hydrogens (tertiary/aromatic N) is 1. The summed E-state index contributed by atoms with van der Waals surface area (Å²) in [6, 6.07) is 17.4. The summed E-state index contributed by atoms with van der Waals surface area (Å²) in [7, 11) is 0. The summed E-state index contributed by atoms with van der Waals surface area (Å²) < 4.78 is 5.74. The first-order valence-electron chi connectivity index (χ1n) is 7.95. The number of amides is 1. The number of carbonyl (C=O) groups is 1. The fraction of sp³-hybridized carbons (Fsp3) is 0.316. The molecule has 1 aliphatic heterocycles. The van der Waals surface area contributed by atoms with Gasteiger partial charge < -0.3 is 15.4 Å². The molecule has 1 fully saturated rings. The van der Waals surface area contributed by atoms with Gasteiger partial charge in [-0.15, -0.1) is 0 Å². The average molecular weight is 310 g/mol. The molecule has 2 aromatic rings. The lowest BCUT2D eigenvalue weighted by Crippen LogP contribution is -2.32. The maximum Gasteiger partial charge on any atom is 0.253 e. The Labute approximate surface area is 136 Å². The normalized spacial score (nSPS) is 20.5. The van der Waals surface area contributed by atoms with Gasteiger partial charge in [0.1, 0.15) is 12.4 Å². The van der Waals surface area contributed by atoms with Crippen molar-refractivity contribution in [1.82, 2.24) is 4.90 Å². The van der Waals surface area contributed by atoms with Gasteiger partial charge >= 0.3 is 0 Å². The summed E-state index contributed by atoms with van der Waals surface area (Å²) in [4.78, 5) is 14.3. The standard InChI is InChI=1S/C19H22N2O2/c1-14-11-21(12-18(14)20)19(22)16-7-9-17(10-8-16)23-13-15-5-3-2-4-6-15/h2-10,14,18H,11-13,20H2,1H3. The van der Waals surface area contributed by atoms with Crippen molar-refractivity contribution in [3.05, 3.63) is 65.7 Å². The van der Waals surface area contributed by atoms with Gasteiger partial charge in [0.25, 0.3) is 5.91 Å². The minimum Gasteiger partial charge on any atom is -0.489 e. The van der Waals surface area contributed by atoms with Crippen LogP contribution in [-0.2, 0) is 6.61 Å². The van der Waals surface area contributed by atoms with Crippen LogP contribution in [0.25, 0.3) is 0 Å². The van der Waals surface area contributed by atoms with Crippen LogP contribution >= 0.6 is 0 Å². The minimum atomic E-state index is 0.0411. The van der Waals surface area contributed by atoms with Crippen LogP contribution in [0.4, 0.5) is 0 Å². The highest BCUT2D eigenvalue weighted by atomic mass is 16.5. The fourth-order valence-electron chi connectivity index (χ4n) is 2.78. The van der Waals surface area contributed by atoms with Crippen LogP contribution in [0.3, 0.4) is 0 Å². The molecule has 2 N–H and O–H groups in total. The lowest BCUT2D eigenvalue weighted by molar-refractivity contribution is 0.0787. The number of carbonyl (C=O) groups excluding carboxylic acids is 1. The van der Waals surface area contributed by atoms with Gasteiger partial charge in [0.15, 0.2) is 0 Å². The maximum absolute atomic E-state index is 12.5. The van der Waals surface area contributed by atoms with E-state index >= 15 is 0 Å². The highest BCUT2D eigenvalue weighted by molar-refractivity contribution is 5.94. The number of ether oxygens (including phenoxy) is 1. The van der Waals surface area contributed by atoms with Crippen molar-refractivity contribution in [2.45, 2.75) is 19.6 Å². The Morgan fingerprint density at radius 3 is 2.43 bits per heavy atom. The van der Waals surface area contributed by atoms with E-state index < -0.39 is 0 Å². The number of hydrogen-bond acceptors (Lipinski definition) is 3. The number of rotatable bonds is 4. The van der Waals surface area contributed by atoms with Crippen molar-refractivity contribution >= 4 is 5.91 Å². The molecule has 2 atom stereocenters. The van der Waals surface area contributed by atoms with Gasteiger partial charge in [0.2, 0.25) is 0 Å². The molecule has 4 heteroatoms. The molecule has 120 valence electrons. The zero-order valence-electron chi connectivity index (χ0n) is 13.3. The van der Waals surface area contributed by atoms with E-state index in [4.69, 9.17) is 10.5 Å². The molecule has 0 aliphatic carbocycles. The van der Waals surface area contributed by atoms with Gasteiger partial charge in [-0.2, -0.15) is 0 Å². The summed E-state index contributed by atoms with van der Waals surface area (Å²) in [5, 5.41) is 0. The summed E-state index contributed by atoms with van der Waals surface area (Å²) >= 11 is 0. The SMILES string of the molecule is CC1CN(C(=O)c2ccc(OCc3ccccc3)cc2)CC1N. The number of likely N-dealkylation sites (tertiary alicyclic amines) is 1. The Kier molecular flexibility index (Phi) is 4.63. The Morgan fingerprint density at radius 1 is 1.13 bits per heavy atom. The Hall–Kier alpha value is -2.33. The highest BCUT2D eigenvalue weighted by Crippen LogP contribution is 2.19. The van der Waals surface area contributed by atoms with Gasteiger partial charge in [-0.05, 0) is 35.7 Å². The van der Waals surface area contributed by atoms with E-state index in [1.54, 1.807) is 0 Å². The average Bonchev–Trinajstić information content (AvgIpc) is 2.93. The van der Waals surface area contributed by atoms with Crippen LogP contribution in [0, 0.1) is 5.92 Å². The number of nitrogens with two attached hydrogens (primary N) is 1. The second kappa shape index (κ2) is 6.84. The van der Waals surface area contributed by atoms with Crippen LogP contribution < -0.4 is 10.5 Å². The van der Waals surface area contributed by atoms with Gasteiger partial charge in [-0.25, -0.2) is 0 Å². The molecule has 0 saturated carbocycles. The molecule has 1 saturated heterocycles. The topological polar surface area (TPSA) is 55.6 Å². The quantitative estimate of drug-likeness (QED) is 0.944. The predicted octanol–water partition coefficient (Wildman–Crippen LogP) is 2.68. The third-order valence-electron chi connectivity index (χ3n) is 4.31. The molecule has 23 heavy (non-hydrogen) atoms. The van der Waals surface area contributed by atoms with E-state index in [9.17, 15) is 4.79 Å². The van der Waals surface area contributed by atoms with Crippen molar-refractivity contribution in [1.29, 1.82) is 0 Å². The smallest absolute Gasteiger partial charge is 0.253 e. The summed E-state index contributed by atoms with van der Waals surface area (Å²) in [6.45, 7) is 3.96. The maximum atomic E-state index is 12.5. The third kappa shape index (κ3) is 3.71. The lowest BCUT2D eigenvalue weighted by atomic mass is 10.1. The molecular weight excluding hydrogens is 288 g/mol. The molecule has 2 aromatic carbocycles. The second-order valence-electron chi connectivity index (χ2n) is 6.15. The van der Waals surface area contributed by atoms with E-state index in [1.165, 1.54) is 0 Å². The molecule has 0 aromatic heterocycles. The van der Waals surface area contributed by atoms with E-state index in [1.807, 2.05) is 59.5 Å². The Bertz CT molecular complexity index is 645. The first-order chi connectivity index (χ1) is 11.1. The zero-order chi connectivity index (χ0) is 16.2. The third-order valence-corrected chi connectivity index (χ3v) is 4.31. The minimum absolute atomic E-state index is 0.0411. The Morgan fingerprint density at radius 2 is 1.83 bits per heavy atom. The van der Waals surface area contributed by atoms with E-state index in [0.29, 0.717) is 24.6 Å². The summed E-state index contributed by atoms with van der Waals surface area (Å²) in [6.07, 6.45) is 0. The molecule has 3 rings (SSSR count). The summed E-state index contributed by atoms with van der Waals surface area (Å²) in [5.41, 5.74) is 7.79. The van der Waals surface area contributed by atoms with Crippen LogP contribution in [0.5, 0.6) is 5.75 Å². The fourth-order valence-corrected chi connectivity index (χ4v) is 2.78. The first-order valence-corrected chi connectivity index (χ1v) is 7.95. The van der Waals surface area contributed by atoms with Crippen molar-refractivity contribution < 1.29 is 9.53 Å². The van der Waals surface area contributed by atoms with Crippen molar-refractivity contribution in [2.24, 2.45) is 11.7 Å². The van der Waals surface area contributed by atoms with Gasteiger partial charge in [0.05, 0.1) is 0 Å². The molecule has 1 heterocycles. The second-order valence-corrected chi connectivity index (χ2v) is 6.15. The highest BCUT2D eigenvalue weighted by Gasteiger charge is 2.30. The monoisotopic (exact) mass is 310 g/mol. The van der Waals surface area contributed by atoms with Crippen LogP contribution in [0.2, 0.25) is 0 Å². The molecule has 0 bridgehead atoms. The molecule has 0 spiro atoms. The van der Waals surface area contributed by atoms with Gasteiger partial charge in [-0.3, -0.25) is 4.79 Å². The number of hydrogen-bond donors (Lipinski definition) is 1. The first kappa shape index (κ1) is 15.6. The molecule has 2 unspecified atom stereocenters. The molecule has 4 nitrogen and oxygen atoms in total. The Balaban J connectivity index is 1.60. The van der Waals surface area contributed by atoms with Gasteiger partial charge in [-0.1, -0.05) is 37.3 Å². The number of benzene rings is 2. The molecule has 0 radical (unpaired) electrons. The zero-order valence-corrected chi connectivity index (χ0v) is 13.3. The van der Waals surface area contributed by atoms with Gasteiger partial charge in [0, 0.05) is 24.7 Å². The lowest BCUT2D eigenvalue weighted by Gasteiger charge is -2.16. The van der Waals surface area contributed by atoms with Crippen molar-refractivity contribution in [3.8, 4) is 5.75 Å². The predicted molar refractivity (Wildman–Crippen MR) is 90.3 cm³/mol. The van der Waals surface area contributed by atoms with Crippen LogP contribution in [-0.4, -0.2) is 29.9 Å².